The predicted molar refractivity (Wildman–Crippen MR) is 140 cm³/mol. The molecule has 4 rings (SSSR count). The number of piperidine rings is 1. The molecule has 4 nitrogen and oxygen atoms in total. The van der Waals surface area contributed by atoms with Gasteiger partial charge in [0.2, 0.25) is 0 Å². The molecule has 1 unspecified atom stereocenters. The largest absolute Gasteiger partial charge is 0.490 e. The Kier molecular flexibility index (Phi) is 9.58. The first kappa shape index (κ1) is 30.5. The second kappa shape index (κ2) is 12.6. The van der Waals surface area contributed by atoms with Crippen molar-refractivity contribution in [3.05, 3.63) is 41.5 Å². The van der Waals surface area contributed by atoms with Crippen molar-refractivity contribution < 1.29 is 40.6 Å². The van der Waals surface area contributed by atoms with Crippen LogP contribution in [0.1, 0.15) is 82.4 Å². The Morgan fingerprint density at radius 3 is 2.35 bits per heavy atom. The molecular weight excluding hydrogens is 536 g/mol. The zero-order valence-corrected chi connectivity index (χ0v) is 22.9. The summed E-state index contributed by atoms with van der Waals surface area (Å²) in [4.78, 5) is 14.3. The van der Waals surface area contributed by atoms with Crippen molar-refractivity contribution in [3.63, 3.8) is 0 Å². The number of rotatable bonds is 8. The number of hydrogen-bond donors (Lipinski definition) is 0. The molecule has 0 bridgehead atoms. The van der Waals surface area contributed by atoms with E-state index in [0.29, 0.717) is 25.0 Å². The number of nitrogens with zero attached hydrogens (tertiary/aromatic N) is 1. The summed E-state index contributed by atoms with van der Waals surface area (Å²) in [5.74, 6) is -1.81. The average molecular weight is 574 g/mol. The minimum absolute atomic E-state index is 0.00594. The molecule has 1 saturated carbocycles. The van der Waals surface area contributed by atoms with E-state index in [9.17, 15) is 31.1 Å². The highest BCUT2D eigenvalue weighted by Crippen LogP contribution is 2.44. The zero-order valence-electron chi connectivity index (χ0n) is 22.9. The van der Waals surface area contributed by atoms with Crippen LogP contribution in [0.4, 0.5) is 26.3 Å². The molecule has 1 aliphatic heterocycles. The van der Waals surface area contributed by atoms with Gasteiger partial charge in [0.1, 0.15) is 11.3 Å². The van der Waals surface area contributed by atoms with Crippen LogP contribution in [0.3, 0.4) is 0 Å². The Labute approximate surface area is 231 Å². The molecule has 0 N–H and O–H groups in total. The van der Waals surface area contributed by atoms with E-state index < -0.39 is 29.9 Å². The minimum Gasteiger partial charge on any atom is -0.490 e. The molecule has 2 atom stereocenters. The third-order valence-corrected chi connectivity index (χ3v) is 8.24. The number of carbonyl (C=O) groups excluding carboxylic acids is 1. The van der Waals surface area contributed by atoms with Crippen LogP contribution in [0, 0.1) is 11.8 Å². The summed E-state index contributed by atoms with van der Waals surface area (Å²) < 4.78 is 92.7. The maximum atomic E-state index is 14.3. The molecule has 10 heteroatoms. The van der Waals surface area contributed by atoms with Gasteiger partial charge in [-0.2, -0.15) is 26.3 Å². The maximum absolute atomic E-state index is 14.3. The SMILES string of the molecule is CCOC(=O)CC1CCCN([C@H](CC)c2ccc3c(C(F)(F)F)c(OC4CCC(C(F)(F)F)CC4)ccc3c2)C1. The highest BCUT2D eigenvalue weighted by atomic mass is 19.4. The number of fused-ring (bicyclic) bond motifs is 1. The molecule has 0 aromatic heterocycles. The highest BCUT2D eigenvalue weighted by Gasteiger charge is 2.43. The Balaban J connectivity index is 1.55. The topological polar surface area (TPSA) is 38.8 Å². The Morgan fingerprint density at radius 2 is 1.73 bits per heavy atom. The predicted octanol–water partition coefficient (Wildman–Crippen LogP) is 8.47. The molecule has 40 heavy (non-hydrogen) atoms. The first-order valence-electron chi connectivity index (χ1n) is 14.2. The van der Waals surface area contributed by atoms with E-state index in [-0.39, 0.29) is 54.7 Å². The third-order valence-electron chi connectivity index (χ3n) is 8.24. The Bertz CT molecular complexity index is 1160. The number of alkyl halides is 6. The van der Waals surface area contributed by atoms with Crippen LogP contribution in [0.25, 0.3) is 10.8 Å². The summed E-state index contributed by atoms with van der Waals surface area (Å²) in [7, 11) is 0. The molecule has 0 spiro atoms. The fraction of sp³-hybridized carbons (Fsp3) is 0.633. The lowest BCUT2D eigenvalue weighted by molar-refractivity contribution is -0.185. The van der Waals surface area contributed by atoms with Crippen molar-refractivity contribution in [2.45, 2.75) is 89.7 Å². The first-order valence-corrected chi connectivity index (χ1v) is 14.2. The molecule has 1 saturated heterocycles. The van der Waals surface area contributed by atoms with Crippen molar-refractivity contribution >= 4 is 16.7 Å². The zero-order chi connectivity index (χ0) is 29.1. The monoisotopic (exact) mass is 573 g/mol. The van der Waals surface area contributed by atoms with Gasteiger partial charge in [0, 0.05) is 19.0 Å². The number of ether oxygens (including phenoxy) is 2. The molecule has 1 heterocycles. The molecule has 1 aliphatic carbocycles. The average Bonchev–Trinajstić information content (AvgIpc) is 2.88. The number of esters is 1. The maximum Gasteiger partial charge on any atom is 0.420 e. The van der Waals surface area contributed by atoms with E-state index in [1.807, 2.05) is 6.92 Å². The number of carbonyl (C=O) groups is 1. The second-order valence-corrected chi connectivity index (χ2v) is 11.0. The van der Waals surface area contributed by atoms with Gasteiger partial charge >= 0.3 is 18.3 Å². The summed E-state index contributed by atoms with van der Waals surface area (Å²) in [6, 6.07) is 7.86. The van der Waals surface area contributed by atoms with E-state index in [1.165, 1.54) is 12.1 Å². The second-order valence-electron chi connectivity index (χ2n) is 11.0. The third kappa shape index (κ3) is 7.22. The van der Waals surface area contributed by atoms with Gasteiger partial charge in [-0.15, -0.1) is 0 Å². The summed E-state index contributed by atoms with van der Waals surface area (Å²) in [6.45, 7) is 5.71. The number of halogens is 6. The van der Waals surface area contributed by atoms with Crippen LogP contribution >= 0.6 is 0 Å². The summed E-state index contributed by atoms with van der Waals surface area (Å²) in [5.41, 5.74) is 0.00840. The van der Waals surface area contributed by atoms with Gasteiger partial charge in [-0.1, -0.05) is 25.1 Å². The highest BCUT2D eigenvalue weighted by molar-refractivity contribution is 5.89. The Morgan fingerprint density at radius 1 is 1.00 bits per heavy atom. The molecule has 0 radical (unpaired) electrons. The van der Waals surface area contributed by atoms with Crippen molar-refractivity contribution in [2.75, 3.05) is 19.7 Å². The molecule has 2 aromatic rings. The van der Waals surface area contributed by atoms with Crippen LogP contribution in [-0.4, -0.2) is 42.8 Å². The molecule has 222 valence electrons. The molecule has 2 fully saturated rings. The van der Waals surface area contributed by atoms with E-state index in [0.717, 1.165) is 31.4 Å². The minimum atomic E-state index is -4.70. The lowest BCUT2D eigenvalue weighted by Gasteiger charge is -2.38. The lowest BCUT2D eigenvalue weighted by atomic mass is 9.87. The quantitative estimate of drug-likeness (QED) is 0.235. The fourth-order valence-corrected chi connectivity index (χ4v) is 6.32. The van der Waals surface area contributed by atoms with Crippen molar-refractivity contribution in [1.29, 1.82) is 0 Å². The number of hydrogen-bond acceptors (Lipinski definition) is 4. The van der Waals surface area contributed by atoms with E-state index in [4.69, 9.17) is 9.47 Å². The van der Waals surface area contributed by atoms with Crippen LogP contribution in [-0.2, 0) is 15.7 Å². The van der Waals surface area contributed by atoms with Gasteiger partial charge in [0.25, 0.3) is 0 Å². The van der Waals surface area contributed by atoms with Crippen LogP contribution in [0.2, 0.25) is 0 Å². The van der Waals surface area contributed by atoms with Crippen LogP contribution in [0.5, 0.6) is 5.75 Å². The van der Waals surface area contributed by atoms with Gasteiger partial charge in [-0.25, -0.2) is 0 Å². The lowest BCUT2D eigenvalue weighted by Crippen LogP contribution is -2.39. The van der Waals surface area contributed by atoms with Gasteiger partial charge in [-0.3, -0.25) is 9.69 Å². The van der Waals surface area contributed by atoms with Crippen molar-refractivity contribution in [3.8, 4) is 5.75 Å². The van der Waals surface area contributed by atoms with Crippen LogP contribution < -0.4 is 4.74 Å². The van der Waals surface area contributed by atoms with Crippen molar-refractivity contribution in [1.82, 2.24) is 4.90 Å². The standard InChI is InChI=1S/C30H37F6NO3/c1-3-25(37-15-5-6-19(18-37)16-27(38)39-4-2)21-7-13-24-20(17-21)8-14-26(28(24)30(34,35)36)40-23-11-9-22(10-12-23)29(31,32)33/h7-8,13-14,17,19,22-23,25H,3-6,9-12,15-16,18H2,1-2H3/t19?,22?,23?,25-/m1/s1. The number of benzene rings is 2. The normalized spacial score (nSPS) is 23.6. The van der Waals surface area contributed by atoms with Gasteiger partial charge in [-0.05, 0) is 92.8 Å². The fourth-order valence-electron chi connectivity index (χ4n) is 6.32. The van der Waals surface area contributed by atoms with Gasteiger partial charge in [0.05, 0.1) is 18.6 Å². The molecule has 2 aliphatic rings. The number of likely N-dealkylation sites (tertiary alicyclic amines) is 1. The first-order chi connectivity index (χ1) is 18.9. The molecule has 2 aromatic carbocycles. The Hall–Kier alpha value is -2.49. The van der Waals surface area contributed by atoms with Crippen LogP contribution in [0.15, 0.2) is 30.3 Å². The summed E-state index contributed by atoms with van der Waals surface area (Å²) in [6.07, 6.45) is -6.90. The van der Waals surface area contributed by atoms with E-state index in [1.54, 1.807) is 25.1 Å². The smallest absolute Gasteiger partial charge is 0.420 e. The van der Waals surface area contributed by atoms with Crippen molar-refractivity contribution in [2.24, 2.45) is 11.8 Å². The van der Waals surface area contributed by atoms with E-state index >= 15 is 0 Å². The van der Waals surface area contributed by atoms with Gasteiger partial charge in [0.15, 0.2) is 0 Å². The summed E-state index contributed by atoms with van der Waals surface area (Å²) in [5, 5.41) is 0.433. The van der Waals surface area contributed by atoms with Gasteiger partial charge < -0.3 is 9.47 Å². The molecular formula is C30H37F6NO3. The molecule has 0 amide bonds. The van der Waals surface area contributed by atoms with E-state index in [2.05, 4.69) is 4.90 Å². The summed E-state index contributed by atoms with van der Waals surface area (Å²) >= 11 is 0.